The van der Waals surface area contributed by atoms with Crippen molar-refractivity contribution in [2.45, 2.75) is 38.1 Å². The normalized spacial score (nSPS) is 15.4. The molecule has 1 amide bonds. The molecule has 3 aromatic rings. The largest absolute Gasteiger partial charge is 0.399 e. The number of aromatic nitrogens is 2. The number of nitrogens with two attached hydrogens (primary N) is 1. The molecule has 1 fully saturated rings. The molecule has 0 spiro atoms. The van der Waals surface area contributed by atoms with Crippen LogP contribution < -0.4 is 11.1 Å². The first-order chi connectivity index (χ1) is 12.2. The summed E-state index contributed by atoms with van der Waals surface area (Å²) < 4.78 is 0. The number of imidazole rings is 1. The third-order valence-electron chi connectivity index (χ3n) is 4.87. The van der Waals surface area contributed by atoms with E-state index in [1.165, 1.54) is 19.3 Å². The molecule has 1 aromatic heterocycles. The molecular formula is C20H22N4O. The van der Waals surface area contributed by atoms with Gasteiger partial charge in [-0.2, -0.15) is 0 Å². The highest BCUT2D eigenvalue weighted by atomic mass is 16.1. The summed E-state index contributed by atoms with van der Waals surface area (Å²) in [5, 5.41) is 3.16. The van der Waals surface area contributed by atoms with E-state index in [1.54, 1.807) is 0 Å². The van der Waals surface area contributed by atoms with Crippen LogP contribution >= 0.6 is 0 Å². The van der Waals surface area contributed by atoms with Crippen LogP contribution in [0.15, 0.2) is 42.5 Å². The number of benzene rings is 2. The fourth-order valence-electron chi connectivity index (χ4n) is 3.44. The van der Waals surface area contributed by atoms with Crippen LogP contribution in [0.2, 0.25) is 0 Å². The first-order valence-corrected chi connectivity index (χ1v) is 8.85. The molecule has 5 heteroatoms. The molecule has 1 aliphatic rings. The molecule has 128 valence electrons. The lowest BCUT2D eigenvalue weighted by molar-refractivity contribution is 0.0928. The first-order valence-electron chi connectivity index (χ1n) is 8.85. The second-order valence-corrected chi connectivity index (χ2v) is 6.75. The predicted octanol–water partition coefficient (Wildman–Crippen LogP) is 3.87. The minimum Gasteiger partial charge on any atom is -0.399 e. The maximum atomic E-state index is 12.5. The van der Waals surface area contributed by atoms with Crippen molar-refractivity contribution in [3.8, 4) is 11.4 Å². The van der Waals surface area contributed by atoms with Crippen LogP contribution in [0.1, 0.15) is 42.5 Å². The van der Waals surface area contributed by atoms with Crippen molar-refractivity contribution in [2.75, 3.05) is 5.73 Å². The number of hydrogen-bond donors (Lipinski definition) is 3. The van der Waals surface area contributed by atoms with Gasteiger partial charge in [-0.1, -0.05) is 19.3 Å². The Morgan fingerprint density at radius 2 is 1.84 bits per heavy atom. The summed E-state index contributed by atoms with van der Waals surface area (Å²) in [5.41, 5.74) is 9.81. The third kappa shape index (κ3) is 3.36. The second-order valence-electron chi connectivity index (χ2n) is 6.75. The first kappa shape index (κ1) is 15.7. The van der Waals surface area contributed by atoms with E-state index in [1.807, 2.05) is 42.5 Å². The highest BCUT2D eigenvalue weighted by molar-refractivity contribution is 5.97. The Bertz CT molecular complexity index is 892. The number of nitrogen functional groups attached to an aromatic ring is 1. The molecule has 0 atom stereocenters. The Labute approximate surface area is 146 Å². The molecule has 0 saturated heterocycles. The molecule has 2 aromatic carbocycles. The summed E-state index contributed by atoms with van der Waals surface area (Å²) in [7, 11) is 0. The molecule has 1 saturated carbocycles. The number of fused-ring (bicyclic) bond motifs is 1. The number of carbonyl (C=O) groups is 1. The summed E-state index contributed by atoms with van der Waals surface area (Å²) in [5.74, 6) is 0.775. The Balaban J connectivity index is 1.57. The molecule has 0 unspecified atom stereocenters. The predicted molar refractivity (Wildman–Crippen MR) is 100 cm³/mol. The number of anilines is 1. The topological polar surface area (TPSA) is 83.8 Å². The zero-order chi connectivity index (χ0) is 17.2. The zero-order valence-corrected chi connectivity index (χ0v) is 14.1. The van der Waals surface area contributed by atoms with Gasteiger partial charge in [-0.05, 0) is 55.3 Å². The van der Waals surface area contributed by atoms with E-state index in [0.29, 0.717) is 11.6 Å². The fraction of sp³-hybridized carbons (Fsp3) is 0.300. The molecule has 0 radical (unpaired) electrons. The molecule has 0 aliphatic heterocycles. The lowest BCUT2D eigenvalue weighted by Gasteiger charge is -2.22. The third-order valence-corrected chi connectivity index (χ3v) is 4.87. The molecule has 0 bridgehead atoms. The van der Waals surface area contributed by atoms with Gasteiger partial charge in [0.2, 0.25) is 0 Å². The Hall–Kier alpha value is -2.82. The summed E-state index contributed by atoms with van der Waals surface area (Å²) in [6.07, 6.45) is 5.85. The molecule has 5 nitrogen and oxygen atoms in total. The van der Waals surface area contributed by atoms with Crippen molar-refractivity contribution < 1.29 is 4.79 Å². The number of H-pyrrole nitrogens is 1. The smallest absolute Gasteiger partial charge is 0.251 e. The number of nitrogens with zero attached hydrogens (tertiary/aromatic N) is 1. The number of hydrogen-bond acceptors (Lipinski definition) is 3. The summed E-state index contributed by atoms with van der Waals surface area (Å²) in [4.78, 5) is 20.4. The van der Waals surface area contributed by atoms with E-state index < -0.39 is 0 Å². The number of rotatable bonds is 3. The van der Waals surface area contributed by atoms with E-state index >= 15 is 0 Å². The second kappa shape index (κ2) is 6.59. The van der Waals surface area contributed by atoms with Gasteiger partial charge in [-0.25, -0.2) is 4.98 Å². The molecule has 1 aliphatic carbocycles. The molecular weight excluding hydrogens is 312 g/mol. The van der Waals surface area contributed by atoms with Crippen molar-refractivity contribution in [3.63, 3.8) is 0 Å². The van der Waals surface area contributed by atoms with Gasteiger partial charge >= 0.3 is 0 Å². The van der Waals surface area contributed by atoms with Gasteiger partial charge in [0.1, 0.15) is 5.82 Å². The molecule has 4 N–H and O–H groups in total. The summed E-state index contributed by atoms with van der Waals surface area (Å²) in [6, 6.07) is 13.5. The molecule has 25 heavy (non-hydrogen) atoms. The van der Waals surface area contributed by atoms with Crippen LogP contribution in [-0.4, -0.2) is 21.9 Å². The highest BCUT2D eigenvalue weighted by Crippen LogP contribution is 2.23. The summed E-state index contributed by atoms with van der Waals surface area (Å²) >= 11 is 0. The van der Waals surface area contributed by atoms with Crippen LogP contribution in [-0.2, 0) is 0 Å². The maximum absolute atomic E-state index is 12.5. The van der Waals surface area contributed by atoms with Crippen LogP contribution in [0.5, 0.6) is 0 Å². The quantitative estimate of drug-likeness (QED) is 0.636. The van der Waals surface area contributed by atoms with Gasteiger partial charge in [0, 0.05) is 22.9 Å². The standard InChI is InChI=1S/C20H22N4O/c21-15-9-6-13(7-10-15)19-23-17-11-8-14(12-18(17)24-19)20(25)22-16-4-2-1-3-5-16/h6-12,16H,1-5,21H2,(H,22,25)(H,23,24). The van der Waals surface area contributed by atoms with Crippen LogP contribution in [0, 0.1) is 0 Å². The highest BCUT2D eigenvalue weighted by Gasteiger charge is 2.17. The van der Waals surface area contributed by atoms with Gasteiger partial charge < -0.3 is 16.0 Å². The van der Waals surface area contributed by atoms with E-state index in [-0.39, 0.29) is 5.91 Å². The van der Waals surface area contributed by atoms with Crippen molar-refractivity contribution in [3.05, 3.63) is 48.0 Å². The maximum Gasteiger partial charge on any atom is 0.251 e. The van der Waals surface area contributed by atoms with Crippen LogP contribution in [0.25, 0.3) is 22.4 Å². The van der Waals surface area contributed by atoms with E-state index in [4.69, 9.17) is 5.73 Å². The van der Waals surface area contributed by atoms with Crippen molar-refractivity contribution in [1.82, 2.24) is 15.3 Å². The fourth-order valence-corrected chi connectivity index (χ4v) is 3.44. The summed E-state index contributed by atoms with van der Waals surface area (Å²) in [6.45, 7) is 0. The lowest BCUT2D eigenvalue weighted by atomic mass is 9.95. The van der Waals surface area contributed by atoms with Gasteiger partial charge in [0.25, 0.3) is 5.91 Å². The van der Waals surface area contributed by atoms with Crippen molar-refractivity contribution in [1.29, 1.82) is 0 Å². The minimum absolute atomic E-state index is 0.00238. The van der Waals surface area contributed by atoms with Crippen LogP contribution in [0.4, 0.5) is 5.69 Å². The Morgan fingerprint density at radius 3 is 2.60 bits per heavy atom. The lowest BCUT2D eigenvalue weighted by Crippen LogP contribution is -2.36. The van der Waals surface area contributed by atoms with E-state index in [9.17, 15) is 4.79 Å². The number of carbonyl (C=O) groups excluding carboxylic acids is 1. The van der Waals surface area contributed by atoms with Gasteiger partial charge in [-0.3, -0.25) is 4.79 Å². The van der Waals surface area contributed by atoms with E-state index in [0.717, 1.165) is 41.0 Å². The van der Waals surface area contributed by atoms with Crippen molar-refractivity contribution in [2.24, 2.45) is 0 Å². The van der Waals surface area contributed by atoms with Crippen LogP contribution in [0.3, 0.4) is 0 Å². The average Bonchev–Trinajstić information content (AvgIpc) is 3.06. The monoisotopic (exact) mass is 334 g/mol. The van der Waals surface area contributed by atoms with Crippen molar-refractivity contribution >= 4 is 22.6 Å². The van der Waals surface area contributed by atoms with Gasteiger partial charge in [0.05, 0.1) is 11.0 Å². The number of amides is 1. The Kier molecular flexibility index (Phi) is 4.14. The SMILES string of the molecule is Nc1ccc(-c2nc3ccc(C(=O)NC4CCCCC4)cc3[nH]2)cc1. The molecule has 1 heterocycles. The van der Waals surface area contributed by atoms with Gasteiger partial charge in [-0.15, -0.1) is 0 Å². The number of nitrogens with one attached hydrogen (secondary N) is 2. The zero-order valence-electron chi connectivity index (χ0n) is 14.1. The van der Waals surface area contributed by atoms with E-state index in [2.05, 4.69) is 15.3 Å². The molecule has 4 rings (SSSR count). The number of aromatic amines is 1. The average molecular weight is 334 g/mol. The van der Waals surface area contributed by atoms with Gasteiger partial charge in [0.15, 0.2) is 0 Å². The minimum atomic E-state index is -0.00238. The Morgan fingerprint density at radius 1 is 1.08 bits per heavy atom.